The number of hydrogen-bond donors (Lipinski definition) is 1. The molecule has 0 saturated carbocycles. The number of nitrogens with zero attached hydrogens (tertiary/aromatic N) is 1. The van der Waals surface area contributed by atoms with Crippen molar-refractivity contribution in [2.24, 2.45) is 0 Å². The number of carbonyl (C=O) groups excluding carboxylic acids is 1. The molecule has 0 aliphatic carbocycles. The van der Waals surface area contributed by atoms with E-state index in [1.165, 1.54) is 6.20 Å². The zero-order valence-corrected chi connectivity index (χ0v) is 9.77. The Bertz CT molecular complexity index is 603. The molecule has 0 aliphatic rings. The van der Waals surface area contributed by atoms with Gasteiger partial charge in [-0.2, -0.15) is 0 Å². The molecule has 0 bridgehead atoms. The molecule has 0 saturated heterocycles. The minimum absolute atomic E-state index is 0.0713. The van der Waals surface area contributed by atoms with Gasteiger partial charge in [-0.1, -0.05) is 6.07 Å². The number of halogens is 2. The van der Waals surface area contributed by atoms with Gasteiger partial charge in [-0.3, -0.25) is 4.98 Å². The van der Waals surface area contributed by atoms with Crippen LogP contribution in [0.3, 0.4) is 0 Å². The lowest BCUT2D eigenvalue weighted by Gasteiger charge is -2.06. The third-order valence-electron chi connectivity index (χ3n) is 2.40. The van der Waals surface area contributed by atoms with Crippen LogP contribution in [0.15, 0.2) is 36.7 Å². The van der Waals surface area contributed by atoms with Gasteiger partial charge < -0.3 is 10.5 Å². The first-order valence-electron chi connectivity index (χ1n) is 5.38. The molecule has 0 unspecified atom stereocenters. The number of ether oxygens (including phenoxy) is 1. The van der Waals surface area contributed by atoms with Gasteiger partial charge in [0.25, 0.3) is 0 Å². The summed E-state index contributed by atoms with van der Waals surface area (Å²) in [5.74, 6) is -2.75. The van der Waals surface area contributed by atoms with Crippen LogP contribution in [0.2, 0.25) is 0 Å². The van der Waals surface area contributed by atoms with Gasteiger partial charge in [-0.25, -0.2) is 13.6 Å². The van der Waals surface area contributed by atoms with Gasteiger partial charge >= 0.3 is 5.97 Å². The molecule has 0 radical (unpaired) electrons. The molecule has 2 aromatic rings. The van der Waals surface area contributed by atoms with Crippen LogP contribution >= 0.6 is 0 Å². The van der Waals surface area contributed by atoms with E-state index in [1.54, 1.807) is 18.3 Å². The number of hydrogen-bond acceptors (Lipinski definition) is 4. The number of esters is 1. The molecule has 0 spiro atoms. The Morgan fingerprint density at radius 2 is 2.11 bits per heavy atom. The van der Waals surface area contributed by atoms with Gasteiger partial charge in [-0.15, -0.1) is 0 Å². The van der Waals surface area contributed by atoms with Crippen LogP contribution in [-0.2, 0) is 11.3 Å². The Labute approximate surface area is 107 Å². The predicted molar refractivity (Wildman–Crippen MR) is 64.1 cm³/mol. The van der Waals surface area contributed by atoms with Gasteiger partial charge in [0.2, 0.25) is 0 Å². The van der Waals surface area contributed by atoms with Gasteiger partial charge in [0.1, 0.15) is 18.2 Å². The van der Waals surface area contributed by atoms with Crippen molar-refractivity contribution in [1.82, 2.24) is 4.98 Å². The lowest BCUT2D eigenvalue weighted by atomic mass is 10.2. The second-order valence-electron chi connectivity index (χ2n) is 3.79. The topological polar surface area (TPSA) is 65.2 Å². The SMILES string of the molecule is Nc1cc(F)c(C(=O)OCc2cccnc2)cc1F. The highest BCUT2D eigenvalue weighted by atomic mass is 19.1. The molecule has 2 N–H and O–H groups in total. The first kappa shape index (κ1) is 12.9. The molecule has 0 aliphatic heterocycles. The molecule has 4 nitrogen and oxygen atoms in total. The Morgan fingerprint density at radius 1 is 1.32 bits per heavy atom. The largest absolute Gasteiger partial charge is 0.457 e. The predicted octanol–water partition coefficient (Wildman–Crippen LogP) is 2.30. The van der Waals surface area contributed by atoms with E-state index in [9.17, 15) is 13.6 Å². The monoisotopic (exact) mass is 264 g/mol. The van der Waals surface area contributed by atoms with Crippen molar-refractivity contribution in [3.8, 4) is 0 Å². The molecule has 6 heteroatoms. The van der Waals surface area contributed by atoms with Crippen LogP contribution in [0, 0.1) is 11.6 Å². The van der Waals surface area contributed by atoms with Crippen molar-refractivity contribution in [3.63, 3.8) is 0 Å². The van der Waals surface area contributed by atoms with Crippen LogP contribution in [0.5, 0.6) is 0 Å². The minimum atomic E-state index is -0.958. The number of anilines is 1. The Morgan fingerprint density at radius 3 is 2.79 bits per heavy atom. The van der Waals surface area contributed by atoms with Crippen LogP contribution < -0.4 is 5.73 Å². The normalized spacial score (nSPS) is 10.2. The van der Waals surface area contributed by atoms with Crippen molar-refractivity contribution in [3.05, 3.63) is 59.4 Å². The number of benzene rings is 1. The number of pyridine rings is 1. The number of aromatic nitrogens is 1. The second kappa shape index (κ2) is 5.43. The van der Waals surface area contributed by atoms with E-state index < -0.39 is 23.2 Å². The Balaban J connectivity index is 2.10. The summed E-state index contributed by atoms with van der Waals surface area (Å²) in [7, 11) is 0. The van der Waals surface area contributed by atoms with E-state index in [2.05, 4.69) is 4.98 Å². The summed E-state index contributed by atoms with van der Waals surface area (Å²) < 4.78 is 31.5. The molecule has 98 valence electrons. The quantitative estimate of drug-likeness (QED) is 0.682. The summed E-state index contributed by atoms with van der Waals surface area (Å²) in [5.41, 5.74) is 4.97. The van der Waals surface area contributed by atoms with E-state index in [-0.39, 0.29) is 12.3 Å². The average molecular weight is 264 g/mol. The average Bonchev–Trinajstić information content (AvgIpc) is 2.41. The molecule has 1 aromatic carbocycles. The summed E-state index contributed by atoms with van der Waals surface area (Å²) in [6.45, 7) is -0.0713. The number of rotatable bonds is 3. The lowest BCUT2D eigenvalue weighted by molar-refractivity contribution is 0.0466. The third kappa shape index (κ3) is 3.04. The summed E-state index contributed by atoms with van der Waals surface area (Å²) >= 11 is 0. The summed E-state index contributed by atoms with van der Waals surface area (Å²) in [4.78, 5) is 15.4. The highest BCUT2D eigenvalue weighted by Crippen LogP contribution is 2.17. The zero-order valence-electron chi connectivity index (χ0n) is 9.77. The van der Waals surface area contributed by atoms with E-state index >= 15 is 0 Å². The summed E-state index contributed by atoms with van der Waals surface area (Å²) in [6, 6.07) is 4.83. The first-order valence-corrected chi connectivity index (χ1v) is 5.38. The molecule has 2 rings (SSSR count). The molecular formula is C13H10F2N2O2. The van der Waals surface area contributed by atoms with Crippen LogP contribution in [0.1, 0.15) is 15.9 Å². The zero-order chi connectivity index (χ0) is 13.8. The molecule has 0 atom stereocenters. The maximum Gasteiger partial charge on any atom is 0.341 e. The van der Waals surface area contributed by atoms with E-state index in [1.807, 2.05) is 0 Å². The maximum absolute atomic E-state index is 13.4. The molecule has 1 aromatic heterocycles. The van der Waals surface area contributed by atoms with Gasteiger partial charge in [0, 0.05) is 24.0 Å². The van der Waals surface area contributed by atoms with Gasteiger partial charge in [0.15, 0.2) is 0 Å². The summed E-state index contributed by atoms with van der Waals surface area (Å²) in [6.07, 6.45) is 3.08. The fourth-order valence-corrected chi connectivity index (χ4v) is 1.43. The maximum atomic E-state index is 13.4. The number of nitrogen functional groups attached to an aromatic ring is 1. The Hall–Kier alpha value is -2.50. The fourth-order valence-electron chi connectivity index (χ4n) is 1.43. The van der Waals surface area contributed by atoms with E-state index in [0.717, 1.165) is 12.1 Å². The van der Waals surface area contributed by atoms with E-state index in [4.69, 9.17) is 10.5 Å². The molecule has 0 amide bonds. The molecule has 1 heterocycles. The van der Waals surface area contributed by atoms with Gasteiger partial charge in [0.05, 0.1) is 11.3 Å². The van der Waals surface area contributed by atoms with Crippen molar-refractivity contribution < 1.29 is 18.3 Å². The highest BCUT2D eigenvalue weighted by Gasteiger charge is 2.16. The van der Waals surface area contributed by atoms with Crippen molar-refractivity contribution >= 4 is 11.7 Å². The molecule has 19 heavy (non-hydrogen) atoms. The van der Waals surface area contributed by atoms with Crippen molar-refractivity contribution in [1.29, 1.82) is 0 Å². The lowest BCUT2D eigenvalue weighted by Crippen LogP contribution is -2.09. The smallest absolute Gasteiger partial charge is 0.341 e. The minimum Gasteiger partial charge on any atom is -0.457 e. The number of carbonyl (C=O) groups is 1. The van der Waals surface area contributed by atoms with Crippen LogP contribution in [0.25, 0.3) is 0 Å². The fraction of sp³-hybridized carbons (Fsp3) is 0.0769. The van der Waals surface area contributed by atoms with E-state index in [0.29, 0.717) is 5.56 Å². The summed E-state index contributed by atoms with van der Waals surface area (Å²) in [5, 5.41) is 0. The van der Waals surface area contributed by atoms with Crippen molar-refractivity contribution in [2.45, 2.75) is 6.61 Å². The number of nitrogens with two attached hydrogens (primary N) is 1. The standard InChI is InChI=1S/C13H10F2N2O2/c14-10-5-12(16)11(15)4-9(10)13(18)19-7-8-2-1-3-17-6-8/h1-6H,7,16H2. The third-order valence-corrected chi connectivity index (χ3v) is 2.40. The van der Waals surface area contributed by atoms with Gasteiger partial charge in [-0.05, 0) is 12.1 Å². The molecular weight excluding hydrogens is 254 g/mol. The van der Waals surface area contributed by atoms with Crippen LogP contribution in [0.4, 0.5) is 14.5 Å². The van der Waals surface area contributed by atoms with Crippen molar-refractivity contribution in [2.75, 3.05) is 5.73 Å². The second-order valence-corrected chi connectivity index (χ2v) is 3.79. The van der Waals surface area contributed by atoms with Crippen LogP contribution in [-0.4, -0.2) is 11.0 Å². The highest BCUT2D eigenvalue weighted by molar-refractivity contribution is 5.90. The first-order chi connectivity index (χ1) is 9.08. The molecule has 0 fully saturated rings. The Kier molecular flexibility index (Phi) is 3.70.